The Kier molecular flexibility index (Phi) is 3.22. The summed E-state index contributed by atoms with van der Waals surface area (Å²) in [6.07, 6.45) is 2.19. The van der Waals surface area contributed by atoms with Crippen molar-refractivity contribution in [1.82, 2.24) is 0 Å². The number of nitriles is 1. The molecule has 0 bridgehead atoms. The van der Waals surface area contributed by atoms with E-state index in [9.17, 15) is 5.26 Å². The summed E-state index contributed by atoms with van der Waals surface area (Å²) in [7, 11) is 0. The van der Waals surface area contributed by atoms with Crippen molar-refractivity contribution in [1.29, 1.82) is 5.26 Å². The molecular weight excluding hydrogens is 210 g/mol. The van der Waals surface area contributed by atoms with Gasteiger partial charge in [-0.3, -0.25) is 0 Å². The van der Waals surface area contributed by atoms with Gasteiger partial charge in [0.25, 0.3) is 0 Å². The second-order valence-corrected chi connectivity index (χ2v) is 5.38. The SMILES string of the molecule is Cc1ccc(C(C#N)CCC2OC2(C)C)cc1. The minimum absolute atomic E-state index is 0.00407. The number of nitrogens with zero attached hydrogens (tertiary/aromatic N) is 1. The van der Waals surface area contributed by atoms with Crippen molar-refractivity contribution in [2.45, 2.75) is 51.2 Å². The van der Waals surface area contributed by atoms with Gasteiger partial charge < -0.3 is 4.74 Å². The highest BCUT2D eigenvalue weighted by Gasteiger charge is 2.47. The fourth-order valence-electron chi connectivity index (χ4n) is 2.16. The number of hydrogen-bond donors (Lipinski definition) is 0. The van der Waals surface area contributed by atoms with Crippen LogP contribution in [-0.4, -0.2) is 11.7 Å². The maximum absolute atomic E-state index is 9.22. The van der Waals surface area contributed by atoms with Crippen LogP contribution in [-0.2, 0) is 4.74 Å². The van der Waals surface area contributed by atoms with Crippen LogP contribution in [0, 0.1) is 18.3 Å². The van der Waals surface area contributed by atoms with Gasteiger partial charge in [0, 0.05) is 0 Å². The molecule has 1 fully saturated rings. The van der Waals surface area contributed by atoms with Crippen LogP contribution in [0.25, 0.3) is 0 Å². The normalized spacial score (nSPS) is 22.8. The molecule has 0 N–H and O–H groups in total. The molecule has 1 aromatic rings. The number of ether oxygens (including phenoxy) is 1. The van der Waals surface area contributed by atoms with Gasteiger partial charge in [-0.15, -0.1) is 0 Å². The molecule has 0 radical (unpaired) electrons. The average molecular weight is 229 g/mol. The summed E-state index contributed by atoms with van der Waals surface area (Å²) in [5.74, 6) is -0.00407. The summed E-state index contributed by atoms with van der Waals surface area (Å²) in [5, 5.41) is 9.22. The molecule has 1 heterocycles. The van der Waals surface area contributed by atoms with E-state index >= 15 is 0 Å². The van der Waals surface area contributed by atoms with E-state index in [4.69, 9.17) is 4.74 Å². The van der Waals surface area contributed by atoms with Gasteiger partial charge in [-0.2, -0.15) is 5.26 Å². The summed E-state index contributed by atoms with van der Waals surface area (Å²) in [5.41, 5.74) is 2.39. The second-order valence-electron chi connectivity index (χ2n) is 5.38. The van der Waals surface area contributed by atoms with Gasteiger partial charge in [0.1, 0.15) is 0 Å². The minimum atomic E-state index is -0.00407. The van der Waals surface area contributed by atoms with Crippen molar-refractivity contribution in [3.05, 3.63) is 35.4 Å². The number of rotatable bonds is 4. The molecular formula is C15H19NO. The Morgan fingerprint density at radius 2 is 1.94 bits per heavy atom. The van der Waals surface area contributed by atoms with E-state index in [-0.39, 0.29) is 11.5 Å². The number of hydrogen-bond acceptors (Lipinski definition) is 2. The van der Waals surface area contributed by atoms with Crippen molar-refractivity contribution >= 4 is 0 Å². The molecule has 2 heteroatoms. The average Bonchev–Trinajstić information content (AvgIpc) is 2.90. The summed E-state index contributed by atoms with van der Waals surface area (Å²) < 4.78 is 5.54. The molecule has 1 aliphatic heterocycles. The van der Waals surface area contributed by atoms with Gasteiger partial charge in [0.2, 0.25) is 0 Å². The Labute approximate surface area is 103 Å². The van der Waals surface area contributed by atoms with Gasteiger partial charge in [-0.1, -0.05) is 29.8 Å². The van der Waals surface area contributed by atoms with Gasteiger partial charge in [-0.25, -0.2) is 0 Å². The maximum Gasteiger partial charge on any atom is 0.0892 e. The van der Waals surface area contributed by atoms with Gasteiger partial charge in [-0.05, 0) is 39.2 Å². The third-order valence-electron chi connectivity index (χ3n) is 3.52. The summed E-state index contributed by atoms with van der Waals surface area (Å²) >= 11 is 0. The van der Waals surface area contributed by atoms with E-state index in [1.165, 1.54) is 5.56 Å². The Morgan fingerprint density at radius 3 is 2.41 bits per heavy atom. The third kappa shape index (κ3) is 2.87. The van der Waals surface area contributed by atoms with Crippen LogP contribution in [0.3, 0.4) is 0 Å². The van der Waals surface area contributed by atoms with Crippen LogP contribution in [0.1, 0.15) is 43.7 Å². The highest BCUT2D eigenvalue weighted by atomic mass is 16.6. The molecule has 0 aromatic heterocycles. The highest BCUT2D eigenvalue weighted by molar-refractivity contribution is 5.28. The zero-order valence-electron chi connectivity index (χ0n) is 10.7. The largest absolute Gasteiger partial charge is 0.367 e. The molecule has 0 spiro atoms. The summed E-state index contributed by atoms with van der Waals surface area (Å²) in [6, 6.07) is 10.6. The predicted octanol–water partition coefficient (Wildman–Crippen LogP) is 3.56. The van der Waals surface area contributed by atoms with Crippen LogP contribution in [0.5, 0.6) is 0 Å². The van der Waals surface area contributed by atoms with Crippen molar-refractivity contribution in [2.75, 3.05) is 0 Å². The molecule has 1 aliphatic rings. The first kappa shape index (κ1) is 12.1. The molecule has 0 amide bonds. The number of epoxide rings is 1. The first-order valence-corrected chi connectivity index (χ1v) is 6.17. The van der Waals surface area contributed by atoms with Gasteiger partial charge in [0.15, 0.2) is 0 Å². The minimum Gasteiger partial charge on any atom is -0.367 e. The Balaban J connectivity index is 1.93. The van der Waals surface area contributed by atoms with Crippen LogP contribution in [0.2, 0.25) is 0 Å². The molecule has 1 aromatic carbocycles. The van der Waals surface area contributed by atoms with Crippen molar-refractivity contribution < 1.29 is 4.74 Å². The molecule has 0 saturated carbocycles. The van der Waals surface area contributed by atoms with Crippen LogP contribution >= 0.6 is 0 Å². The zero-order chi connectivity index (χ0) is 12.5. The van der Waals surface area contributed by atoms with Crippen molar-refractivity contribution in [3.63, 3.8) is 0 Å². The first-order chi connectivity index (χ1) is 8.03. The van der Waals surface area contributed by atoms with Gasteiger partial charge in [0.05, 0.1) is 23.7 Å². The Hall–Kier alpha value is -1.33. The highest BCUT2D eigenvalue weighted by Crippen LogP contribution is 2.39. The Bertz CT molecular complexity index is 427. The Morgan fingerprint density at radius 1 is 1.35 bits per heavy atom. The maximum atomic E-state index is 9.22. The fourth-order valence-corrected chi connectivity index (χ4v) is 2.16. The quantitative estimate of drug-likeness (QED) is 0.740. The lowest BCUT2D eigenvalue weighted by Gasteiger charge is -2.09. The molecule has 17 heavy (non-hydrogen) atoms. The van der Waals surface area contributed by atoms with E-state index in [2.05, 4.69) is 51.1 Å². The second kappa shape index (κ2) is 4.50. The standard InChI is InChI=1S/C15H19NO/c1-11-4-6-12(7-5-11)13(10-16)8-9-14-15(2,3)17-14/h4-7,13-14H,8-9H2,1-3H3. The summed E-state index contributed by atoms with van der Waals surface area (Å²) in [6.45, 7) is 6.27. The topological polar surface area (TPSA) is 36.3 Å². The van der Waals surface area contributed by atoms with E-state index in [0.29, 0.717) is 6.10 Å². The lowest BCUT2D eigenvalue weighted by atomic mass is 9.93. The lowest BCUT2D eigenvalue weighted by Crippen LogP contribution is -2.05. The van der Waals surface area contributed by atoms with Gasteiger partial charge >= 0.3 is 0 Å². The van der Waals surface area contributed by atoms with Crippen molar-refractivity contribution in [2.24, 2.45) is 0 Å². The van der Waals surface area contributed by atoms with E-state index in [1.54, 1.807) is 0 Å². The zero-order valence-corrected chi connectivity index (χ0v) is 10.7. The monoisotopic (exact) mass is 229 g/mol. The lowest BCUT2D eigenvalue weighted by molar-refractivity contribution is 0.318. The van der Waals surface area contributed by atoms with E-state index < -0.39 is 0 Å². The molecule has 2 nitrogen and oxygen atoms in total. The first-order valence-electron chi connectivity index (χ1n) is 6.17. The fraction of sp³-hybridized carbons (Fsp3) is 0.533. The number of aryl methyl sites for hydroxylation is 1. The van der Waals surface area contributed by atoms with E-state index in [0.717, 1.165) is 18.4 Å². The molecule has 2 atom stereocenters. The predicted molar refractivity (Wildman–Crippen MR) is 67.7 cm³/mol. The summed E-state index contributed by atoms with van der Waals surface area (Å²) in [4.78, 5) is 0. The molecule has 0 aliphatic carbocycles. The molecule has 2 unspecified atom stereocenters. The third-order valence-corrected chi connectivity index (χ3v) is 3.52. The molecule has 1 saturated heterocycles. The number of benzene rings is 1. The smallest absolute Gasteiger partial charge is 0.0892 e. The van der Waals surface area contributed by atoms with Crippen LogP contribution in [0.4, 0.5) is 0 Å². The molecule has 90 valence electrons. The molecule has 2 rings (SSSR count). The van der Waals surface area contributed by atoms with Crippen molar-refractivity contribution in [3.8, 4) is 6.07 Å². The van der Waals surface area contributed by atoms with Crippen LogP contribution < -0.4 is 0 Å². The van der Waals surface area contributed by atoms with E-state index in [1.807, 2.05) is 0 Å². The van der Waals surface area contributed by atoms with Crippen LogP contribution in [0.15, 0.2) is 24.3 Å².